The Morgan fingerprint density at radius 3 is 2.65 bits per heavy atom. The van der Waals surface area contributed by atoms with Crippen LogP contribution in [0.15, 0.2) is 35.9 Å². The number of rotatable bonds is 3. The Balaban J connectivity index is 1.94. The first kappa shape index (κ1) is 14.9. The van der Waals surface area contributed by atoms with Crippen molar-refractivity contribution in [3.05, 3.63) is 41.5 Å². The lowest BCUT2D eigenvalue weighted by Crippen LogP contribution is -2.35. The number of halogens is 3. The van der Waals surface area contributed by atoms with Crippen LogP contribution < -0.4 is 5.73 Å². The van der Waals surface area contributed by atoms with Crippen LogP contribution in [-0.4, -0.2) is 35.8 Å². The number of nitrogens with zero attached hydrogens (tertiary/aromatic N) is 1. The van der Waals surface area contributed by atoms with E-state index in [1.807, 2.05) is 0 Å². The van der Waals surface area contributed by atoms with Crippen LogP contribution >= 0.6 is 0 Å². The molecule has 3 N–H and O–H groups in total. The molecule has 0 saturated heterocycles. The number of nitrogen functional groups attached to an aromatic ring is 1. The smallest absolute Gasteiger partial charge is 0.399 e. The summed E-state index contributed by atoms with van der Waals surface area (Å²) < 4.78 is 37.5. The molecule has 1 aliphatic rings. The lowest BCUT2D eigenvalue weighted by atomic mass is 10.1. The summed E-state index contributed by atoms with van der Waals surface area (Å²) in [5, 5.41) is 10.1. The molecule has 110 valence electrons. The predicted octanol–water partition coefficient (Wildman–Crippen LogP) is 2.50. The van der Waals surface area contributed by atoms with Crippen LogP contribution in [0.1, 0.15) is 18.1 Å². The minimum Gasteiger partial charge on any atom is -0.399 e. The van der Waals surface area contributed by atoms with Crippen molar-refractivity contribution in [2.75, 3.05) is 25.4 Å². The van der Waals surface area contributed by atoms with Crippen LogP contribution in [0.4, 0.5) is 18.9 Å². The van der Waals surface area contributed by atoms with Crippen LogP contribution in [0.25, 0.3) is 0 Å². The maximum atomic E-state index is 12.5. The van der Waals surface area contributed by atoms with Gasteiger partial charge in [-0.1, -0.05) is 18.2 Å². The third-order valence-electron chi connectivity index (χ3n) is 3.38. The van der Waals surface area contributed by atoms with E-state index in [9.17, 15) is 18.3 Å². The number of nitrogens with two attached hydrogens (primary N) is 1. The van der Waals surface area contributed by atoms with E-state index >= 15 is 0 Å². The van der Waals surface area contributed by atoms with Crippen molar-refractivity contribution in [2.24, 2.45) is 0 Å². The van der Waals surface area contributed by atoms with E-state index in [0.717, 1.165) is 0 Å². The summed E-state index contributed by atoms with van der Waals surface area (Å²) in [6, 6.07) is 6.88. The highest BCUT2D eigenvalue weighted by molar-refractivity contribution is 5.41. The van der Waals surface area contributed by atoms with E-state index in [-0.39, 0.29) is 13.0 Å². The molecule has 0 bridgehead atoms. The zero-order valence-corrected chi connectivity index (χ0v) is 10.9. The second-order valence-corrected chi connectivity index (χ2v) is 4.92. The number of anilines is 1. The molecule has 3 nitrogen and oxygen atoms in total. The monoisotopic (exact) mass is 286 g/mol. The minimum atomic E-state index is -4.24. The van der Waals surface area contributed by atoms with Gasteiger partial charge in [-0.25, -0.2) is 0 Å². The molecule has 1 aliphatic heterocycles. The summed E-state index contributed by atoms with van der Waals surface area (Å²) in [4.78, 5) is 1.79. The van der Waals surface area contributed by atoms with Gasteiger partial charge in [-0.05, 0) is 24.1 Å². The summed E-state index contributed by atoms with van der Waals surface area (Å²) in [5.74, 6) is 0. The fraction of sp³-hybridized carbons (Fsp3) is 0.429. The van der Waals surface area contributed by atoms with E-state index in [2.05, 4.69) is 0 Å². The van der Waals surface area contributed by atoms with Gasteiger partial charge in [-0.15, -0.1) is 0 Å². The summed E-state index contributed by atoms with van der Waals surface area (Å²) >= 11 is 0. The second-order valence-electron chi connectivity index (χ2n) is 4.92. The normalized spacial score (nSPS) is 18.7. The molecule has 1 aromatic carbocycles. The van der Waals surface area contributed by atoms with Crippen LogP contribution in [0.3, 0.4) is 0 Å². The molecule has 0 aromatic heterocycles. The van der Waals surface area contributed by atoms with Crippen LogP contribution in [0.5, 0.6) is 0 Å². The summed E-state index contributed by atoms with van der Waals surface area (Å²) in [5.41, 5.74) is 6.39. The largest absolute Gasteiger partial charge is 0.412 e. The van der Waals surface area contributed by atoms with Crippen molar-refractivity contribution in [3.8, 4) is 0 Å². The highest BCUT2D eigenvalue weighted by Crippen LogP contribution is 2.30. The minimum absolute atomic E-state index is 0.0346. The Kier molecular flexibility index (Phi) is 4.35. The van der Waals surface area contributed by atoms with Gasteiger partial charge in [0, 0.05) is 30.9 Å². The number of benzene rings is 1. The third-order valence-corrected chi connectivity index (χ3v) is 3.38. The molecule has 2 rings (SSSR count). The molecule has 1 unspecified atom stereocenters. The Bertz CT molecular complexity index is 499. The van der Waals surface area contributed by atoms with Crippen molar-refractivity contribution in [1.82, 2.24) is 4.90 Å². The van der Waals surface area contributed by atoms with E-state index in [1.54, 1.807) is 29.2 Å². The van der Waals surface area contributed by atoms with E-state index in [0.29, 0.717) is 24.3 Å². The lowest BCUT2D eigenvalue weighted by molar-refractivity contribution is -0.0962. The lowest BCUT2D eigenvalue weighted by Gasteiger charge is -2.29. The van der Waals surface area contributed by atoms with Gasteiger partial charge in [0.25, 0.3) is 0 Å². The van der Waals surface area contributed by atoms with Gasteiger partial charge in [0.05, 0.1) is 6.10 Å². The Morgan fingerprint density at radius 2 is 2.10 bits per heavy atom. The SMILES string of the molecule is Nc1cccc(C(O)CN2CC=C(C(F)(F)F)CC2)c1. The summed E-state index contributed by atoms with van der Waals surface area (Å²) in [6.07, 6.45) is -3.83. The molecule has 1 heterocycles. The zero-order valence-electron chi connectivity index (χ0n) is 10.9. The standard InChI is InChI=1S/C14H17F3N2O/c15-14(16,17)11-4-6-19(7-5-11)9-13(20)10-2-1-3-12(18)8-10/h1-4,8,13,20H,5-7,9,18H2. The zero-order chi connectivity index (χ0) is 14.8. The molecule has 6 heteroatoms. The first-order valence-corrected chi connectivity index (χ1v) is 6.38. The van der Waals surface area contributed by atoms with E-state index in [1.165, 1.54) is 6.08 Å². The highest BCUT2D eigenvalue weighted by Gasteiger charge is 2.34. The van der Waals surface area contributed by atoms with Crippen LogP contribution in [-0.2, 0) is 0 Å². The van der Waals surface area contributed by atoms with Gasteiger partial charge in [0.1, 0.15) is 0 Å². The Hall–Kier alpha value is -1.53. The van der Waals surface area contributed by atoms with E-state index < -0.39 is 17.9 Å². The topological polar surface area (TPSA) is 49.5 Å². The van der Waals surface area contributed by atoms with Crippen molar-refractivity contribution in [3.63, 3.8) is 0 Å². The maximum absolute atomic E-state index is 12.5. The van der Waals surface area contributed by atoms with Gasteiger partial charge >= 0.3 is 6.18 Å². The highest BCUT2D eigenvalue weighted by atomic mass is 19.4. The number of β-amino-alcohol motifs (C(OH)–C–C–N with tert-alkyl or cyclic N) is 1. The van der Waals surface area contributed by atoms with Crippen LogP contribution in [0.2, 0.25) is 0 Å². The summed E-state index contributed by atoms with van der Waals surface area (Å²) in [6.45, 7) is 0.796. The third kappa shape index (κ3) is 3.74. The summed E-state index contributed by atoms with van der Waals surface area (Å²) in [7, 11) is 0. The fourth-order valence-corrected chi connectivity index (χ4v) is 2.25. The van der Waals surface area contributed by atoms with Gasteiger partial charge in [0.15, 0.2) is 0 Å². The maximum Gasteiger partial charge on any atom is 0.412 e. The van der Waals surface area contributed by atoms with Crippen molar-refractivity contribution in [2.45, 2.75) is 18.7 Å². The average Bonchev–Trinajstić information content (AvgIpc) is 2.38. The molecule has 1 aromatic rings. The van der Waals surface area contributed by atoms with Crippen LogP contribution in [0, 0.1) is 0 Å². The van der Waals surface area contributed by atoms with Crippen molar-refractivity contribution >= 4 is 5.69 Å². The molecular weight excluding hydrogens is 269 g/mol. The molecule has 0 fully saturated rings. The Labute approximate surface area is 115 Å². The number of aliphatic hydroxyl groups excluding tert-OH is 1. The van der Waals surface area contributed by atoms with Gasteiger partial charge in [0.2, 0.25) is 0 Å². The fourth-order valence-electron chi connectivity index (χ4n) is 2.25. The molecule has 0 radical (unpaired) electrons. The molecule has 0 amide bonds. The van der Waals surface area contributed by atoms with Gasteiger partial charge in [-0.3, -0.25) is 4.90 Å². The molecule has 0 spiro atoms. The molecule has 1 atom stereocenters. The average molecular weight is 286 g/mol. The van der Waals surface area contributed by atoms with Crippen molar-refractivity contribution < 1.29 is 18.3 Å². The first-order valence-electron chi connectivity index (χ1n) is 6.38. The van der Waals surface area contributed by atoms with Gasteiger partial charge < -0.3 is 10.8 Å². The molecule has 20 heavy (non-hydrogen) atoms. The molecule has 0 aliphatic carbocycles. The second kappa shape index (κ2) is 5.85. The number of alkyl halides is 3. The quantitative estimate of drug-likeness (QED) is 0.663. The number of aliphatic hydroxyl groups is 1. The van der Waals surface area contributed by atoms with Crippen molar-refractivity contribution in [1.29, 1.82) is 0 Å². The van der Waals surface area contributed by atoms with E-state index in [4.69, 9.17) is 5.73 Å². The van der Waals surface area contributed by atoms with Gasteiger partial charge in [-0.2, -0.15) is 13.2 Å². The first-order chi connectivity index (χ1) is 9.36. The molecular formula is C14H17F3N2O. The molecule has 0 saturated carbocycles. The number of hydrogen-bond acceptors (Lipinski definition) is 3. The number of hydrogen-bond donors (Lipinski definition) is 2. The predicted molar refractivity (Wildman–Crippen MR) is 71.0 cm³/mol. The Morgan fingerprint density at radius 1 is 1.35 bits per heavy atom.